The normalized spacial score (nSPS) is 20.0. The Morgan fingerprint density at radius 2 is 2.04 bits per heavy atom. The summed E-state index contributed by atoms with van der Waals surface area (Å²) in [5.74, 6) is 3.53. The van der Waals surface area contributed by atoms with Crippen LogP contribution in [0.15, 0.2) is 29.4 Å². The highest BCUT2D eigenvalue weighted by molar-refractivity contribution is 5.30. The van der Waals surface area contributed by atoms with Gasteiger partial charge in [-0.2, -0.15) is 0 Å². The van der Waals surface area contributed by atoms with Crippen LogP contribution in [-0.4, -0.2) is 20.8 Å². The highest BCUT2D eigenvalue weighted by Crippen LogP contribution is 2.33. The van der Waals surface area contributed by atoms with Gasteiger partial charge in [0.15, 0.2) is 5.82 Å². The van der Waals surface area contributed by atoms with Gasteiger partial charge in [0.25, 0.3) is 0 Å². The van der Waals surface area contributed by atoms with E-state index in [9.17, 15) is 0 Å². The molecule has 7 heteroatoms. The van der Waals surface area contributed by atoms with E-state index in [1.165, 1.54) is 5.56 Å². The molecule has 3 rings (SSSR count). The van der Waals surface area contributed by atoms with Crippen molar-refractivity contribution < 1.29 is 4.74 Å². The van der Waals surface area contributed by atoms with Crippen molar-refractivity contribution in [2.24, 2.45) is 12.2 Å². The van der Waals surface area contributed by atoms with E-state index in [0.717, 1.165) is 43.1 Å². The molecule has 0 spiro atoms. The van der Waals surface area contributed by atoms with Gasteiger partial charge in [-0.15, -0.1) is 10.2 Å². The lowest BCUT2D eigenvalue weighted by molar-refractivity contribution is 0.289. The van der Waals surface area contributed by atoms with Crippen LogP contribution in [0.1, 0.15) is 68.6 Å². The quantitative estimate of drug-likeness (QED) is 0.422. The first-order chi connectivity index (χ1) is 12.6. The van der Waals surface area contributed by atoms with Crippen LogP contribution in [-0.2, 0) is 13.7 Å². The minimum atomic E-state index is 0.125. The van der Waals surface area contributed by atoms with Crippen LogP contribution < -0.4 is 4.74 Å². The van der Waals surface area contributed by atoms with Crippen molar-refractivity contribution in [1.29, 1.82) is 0 Å². The number of rotatable bonds is 6. The van der Waals surface area contributed by atoms with Gasteiger partial charge in [0.2, 0.25) is 0 Å². The summed E-state index contributed by atoms with van der Waals surface area (Å²) in [5.41, 5.74) is 9.83. The van der Waals surface area contributed by atoms with E-state index in [2.05, 4.69) is 46.2 Å². The van der Waals surface area contributed by atoms with Crippen LogP contribution in [0.4, 0.5) is 0 Å². The summed E-state index contributed by atoms with van der Waals surface area (Å²) in [6.07, 6.45) is 3.78. The van der Waals surface area contributed by atoms with Gasteiger partial charge < -0.3 is 9.30 Å². The molecular weight excluding hydrogens is 328 g/mol. The second-order valence-corrected chi connectivity index (χ2v) is 7.26. The Balaban J connectivity index is 1.62. The molecule has 0 aliphatic heterocycles. The molecule has 2 aromatic rings. The molecular formula is C19H26N6O. The number of ether oxygens (including phenoxy) is 1. The van der Waals surface area contributed by atoms with Crippen LogP contribution in [0.5, 0.6) is 5.75 Å². The average molecular weight is 354 g/mol. The summed E-state index contributed by atoms with van der Waals surface area (Å²) in [6.45, 7) is 4.74. The van der Waals surface area contributed by atoms with Crippen LogP contribution in [0.3, 0.4) is 0 Å². The van der Waals surface area contributed by atoms with Crippen molar-refractivity contribution in [3.05, 3.63) is 51.9 Å². The number of nitrogens with zero attached hydrogens (tertiary/aromatic N) is 6. The van der Waals surface area contributed by atoms with Gasteiger partial charge in [0.05, 0.1) is 0 Å². The Morgan fingerprint density at radius 1 is 1.27 bits per heavy atom. The van der Waals surface area contributed by atoms with Crippen LogP contribution in [0.2, 0.25) is 0 Å². The molecule has 1 saturated carbocycles. The zero-order chi connectivity index (χ0) is 18.5. The highest BCUT2D eigenvalue weighted by Gasteiger charge is 2.25. The summed E-state index contributed by atoms with van der Waals surface area (Å²) in [6, 6.07) is 8.32. The van der Waals surface area contributed by atoms with E-state index in [1.54, 1.807) is 0 Å². The van der Waals surface area contributed by atoms with Crippen LogP contribution in [0, 0.1) is 0 Å². The largest absolute Gasteiger partial charge is 0.486 e. The van der Waals surface area contributed by atoms with Gasteiger partial charge in [-0.05, 0) is 54.8 Å². The molecule has 0 amide bonds. The van der Waals surface area contributed by atoms with Crippen LogP contribution >= 0.6 is 0 Å². The zero-order valence-electron chi connectivity index (χ0n) is 15.7. The first-order valence-corrected chi connectivity index (χ1v) is 9.23. The van der Waals surface area contributed by atoms with Crippen molar-refractivity contribution in [3.8, 4) is 5.75 Å². The predicted molar refractivity (Wildman–Crippen MR) is 100 cm³/mol. The van der Waals surface area contributed by atoms with Gasteiger partial charge in [0, 0.05) is 23.9 Å². The minimum absolute atomic E-state index is 0.125. The van der Waals surface area contributed by atoms with E-state index in [0.29, 0.717) is 18.4 Å². The summed E-state index contributed by atoms with van der Waals surface area (Å²) in [7, 11) is 2.00. The Morgan fingerprint density at radius 3 is 2.73 bits per heavy atom. The fourth-order valence-electron chi connectivity index (χ4n) is 3.49. The van der Waals surface area contributed by atoms with Crippen molar-refractivity contribution in [2.75, 3.05) is 0 Å². The first-order valence-electron chi connectivity index (χ1n) is 9.23. The molecule has 1 aromatic heterocycles. The molecule has 0 N–H and O–H groups in total. The smallest absolute Gasteiger partial charge is 0.170 e. The summed E-state index contributed by atoms with van der Waals surface area (Å²) in [5, 5.41) is 12.6. The lowest BCUT2D eigenvalue weighted by atomic mass is 9.86. The number of hydrogen-bond acceptors (Lipinski definition) is 4. The number of azide groups is 1. The fourth-order valence-corrected chi connectivity index (χ4v) is 3.49. The van der Waals surface area contributed by atoms with Gasteiger partial charge in [-0.3, -0.25) is 0 Å². The fraction of sp³-hybridized carbons (Fsp3) is 0.579. The van der Waals surface area contributed by atoms with Crippen LogP contribution in [0.25, 0.3) is 10.4 Å². The topological polar surface area (TPSA) is 88.7 Å². The van der Waals surface area contributed by atoms with Gasteiger partial charge in [-0.25, -0.2) is 0 Å². The second-order valence-electron chi connectivity index (χ2n) is 7.26. The molecule has 0 unspecified atom stereocenters. The second kappa shape index (κ2) is 8.23. The highest BCUT2D eigenvalue weighted by atomic mass is 16.5. The molecule has 1 aliphatic rings. The third-order valence-electron chi connectivity index (χ3n) is 5.17. The molecule has 0 radical (unpaired) electrons. The van der Waals surface area contributed by atoms with Gasteiger partial charge in [0.1, 0.15) is 18.2 Å². The third-order valence-corrected chi connectivity index (χ3v) is 5.17. The lowest BCUT2D eigenvalue weighted by Crippen LogP contribution is -2.18. The summed E-state index contributed by atoms with van der Waals surface area (Å²) >= 11 is 0. The van der Waals surface area contributed by atoms with E-state index < -0.39 is 0 Å². The van der Waals surface area contributed by atoms with Gasteiger partial charge in [-0.1, -0.05) is 31.1 Å². The first kappa shape index (κ1) is 18.3. The van der Waals surface area contributed by atoms with E-state index in [4.69, 9.17) is 10.3 Å². The Bertz CT molecular complexity index is 785. The van der Waals surface area contributed by atoms with E-state index >= 15 is 0 Å². The molecule has 0 atom stereocenters. The molecule has 1 aliphatic carbocycles. The summed E-state index contributed by atoms with van der Waals surface area (Å²) in [4.78, 5) is 2.92. The Labute approximate surface area is 154 Å². The maximum Gasteiger partial charge on any atom is 0.170 e. The van der Waals surface area contributed by atoms with E-state index in [-0.39, 0.29) is 6.04 Å². The van der Waals surface area contributed by atoms with Crippen molar-refractivity contribution in [1.82, 2.24) is 14.8 Å². The monoisotopic (exact) mass is 354 g/mol. The molecule has 1 fully saturated rings. The van der Waals surface area contributed by atoms with Crippen molar-refractivity contribution in [2.45, 2.75) is 64.0 Å². The molecule has 26 heavy (non-hydrogen) atoms. The Kier molecular flexibility index (Phi) is 5.78. The molecule has 1 heterocycles. The summed E-state index contributed by atoms with van der Waals surface area (Å²) < 4.78 is 7.98. The maximum absolute atomic E-state index is 8.57. The van der Waals surface area contributed by atoms with E-state index in [1.807, 2.05) is 23.7 Å². The minimum Gasteiger partial charge on any atom is -0.486 e. The molecule has 0 saturated heterocycles. The van der Waals surface area contributed by atoms with Crippen molar-refractivity contribution in [3.63, 3.8) is 0 Å². The zero-order valence-corrected chi connectivity index (χ0v) is 15.7. The third kappa shape index (κ3) is 4.17. The maximum atomic E-state index is 8.57. The SMILES string of the molecule is CC(C)c1cccc(OCc2nnc([C@H]3CC[C@H](N=[N+]=[N-])CC3)n2C)c1. The van der Waals surface area contributed by atoms with Crippen molar-refractivity contribution >= 4 is 0 Å². The Hall–Kier alpha value is -2.53. The predicted octanol–water partition coefficient (Wildman–Crippen LogP) is 4.85. The molecule has 0 bridgehead atoms. The molecule has 1 aromatic carbocycles. The standard InChI is InChI=1S/C19H26N6O/c1-13(2)15-5-4-6-17(11-15)26-12-18-22-23-19(25(18)3)14-7-9-16(10-8-14)21-24-20/h4-6,11,13-14,16H,7-10,12H2,1-3H3/t14-,16-. The number of aromatic nitrogens is 3. The molecule has 7 nitrogen and oxygen atoms in total. The number of hydrogen-bond donors (Lipinski definition) is 0. The molecule has 138 valence electrons. The number of benzene rings is 1. The average Bonchev–Trinajstić information content (AvgIpc) is 3.02. The van der Waals surface area contributed by atoms with Gasteiger partial charge >= 0.3 is 0 Å². The lowest BCUT2D eigenvalue weighted by Gasteiger charge is -2.24.